The maximum atomic E-state index is 13.1. The summed E-state index contributed by atoms with van der Waals surface area (Å²) in [6, 6.07) is 11.7. The third-order valence-corrected chi connectivity index (χ3v) is 5.07. The van der Waals surface area contributed by atoms with Gasteiger partial charge in [0, 0.05) is 31.6 Å². The number of imide groups is 1. The van der Waals surface area contributed by atoms with Gasteiger partial charge in [-0.3, -0.25) is 24.1 Å². The number of benzene rings is 2. The number of hydrogen-bond acceptors (Lipinski definition) is 4. The van der Waals surface area contributed by atoms with Gasteiger partial charge in [0.05, 0.1) is 17.2 Å². The maximum Gasteiger partial charge on any atom is 0.261 e. The van der Waals surface area contributed by atoms with Crippen LogP contribution in [0.3, 0.4) is 0 Å². The van der Waals surface area contributed by atoms with E-state index in [0.717, 1.165) is 4.90 Å². The van der Waals surface area contributed by atoms with Gasteiger partial charge >= 0.3 is 0 Å². The van der Waals surface area contributed by atoms with Gasteiger partial charge < -0.3 is 10.2 Å². The average Bonchev–Trinajstić information content (AvgIpc) is 3.19. The quantitative estimate of drug-likeness (QED) is 0.782. The zero-order valence-corrected chi connectivity index (χ0v) is 15.4. The molecule has 2 aromatic carbocycles. The molecule has 8 heteroatoms. The Morgan fingerprint density at radius 2 is 1.62 bits per heavy atom. The highest BCUT2D eigenvalue weighted by molar-refractivity contribution is 6.21. The predicted octanol–water partition coefficient (Wildman–Crippen LogP) is 1.73. The summed E-state index contributed by atoms with van der Waals surface area (Å²) in [6.45, 7) is 0.254. The fourth-order valence-electron chi connectivity index (χ4n) is 3.63. The van der Waals surface area contributed by atoms with Crippen molar-refractivity contribution < 1.29 is 23.6 Å². The molecule has 4 rings (SSSR count). The van der Waals surface area contributed by atoms with Crippen LogP contribution in [-0.4, -0.2) is 47.7 Å². The van der Waals surface area contributed by atoms with Crippen LogP contribution in [0.5, 0.6) is 0 Å². The van der Waals surface area contributed by atoms with Crippen molar-refractivity contribution in [2.24, 2.45) is 0 Å². The monoisotopic (exact) mass is 395 g/mol. The molecule has 0 aliphatic carbocycles. The Morgan fingerprint density at radius 1 is 1.00 bits per heavy atom. The van der Waals surface area contributed by atoms with Crippen LogP contribution >= 0.6 is 0 Å². The molecule has 148 valence electrons. The predicted molar refractivity (Wildman–Crippen MR) is 102 cm³/mol. The highest BCUT2D eigenvalue weighted by Gasteiger charge is 2.36. The fourth-order valence-corrected chi connectivity index (χ4v) is 3.63. The fraction of sp³-hybridized carbons (Fsp3) is 0.238. The number of anilines is 1. The third-order valence-electron chi connectivity index (χ3n) is 5.07. The van der Waals surface area contributed by atoms with E-state index in [0.29, 0.717) is 16.8 Å². The molecule has 0 unspecified atom stereocenters. The van der Waals surface area contributed by atoms with Crippen molar-refractivity contribution in [2.45, 2.75) is 18.9 Å². The Bertz CT molecular complexity index is 970. The summed E-state index contributed by atoms with van der Waals surface area (Å²) in [5.41, 5.74) is 1.25. The Balaban J connectivity index is 1.32. The molecule has 2 aliphatic heterocycles. The number of nitrogens with one attached hydrogen (secondary N) is 1. The summed E-state index contributed by atoms with van der Waals surface area (Å²) in [7, 11) is 0. The van der Waals surface area contributed by atoms with Crippen LogP contribution in [0.4, 0.5) is 10.1 Å². The minimum atomic E-state index is -0.406. The zero-order valence-electron chi connectivity index (χ0n) is 15.4. The highest BCUT2D eigenvalue weighted by atomic mass is 19.1. The lowest BCUT2D eigenvalue weighted by Crippen LogP contribution is -2.40. The van der Waals surface area contributed by atoms with Crippen molar-refractivity contribution in [2.75, 3.05) is 18.0 Å². The van der Waals surface area contributed by atoms with Gasteiger partial charge in [-0.15, -0.1) is 0 Å². The first kappa shape index (κ1) is 18.8. The van der Waals surface area contributed by atoms with E-state index in [4.69, 9.17) is 0 Å². The number of carbonyl (C=O) groups is 4. The molecule has 1 N–H and O–H groups in total. The van der Waals surface area contributed by atoms with Gasteiger partial charge in [-0.2, -0.15) is 0 Å². The van der Waals surface area contributed by atoms with Crippen molar-refractivity contribution in [1.82, 2.24) is 10.2 Å². The minimum Gasteiger partial charge on any atom is -0.351 e. The Labute approximate surface area is 166 Å². The van der Waals surface area contributed by atoms with Crippen LogP contribution in [-0.2, 0) is 9.59 Å². The summed E-state index contributed by atoms with van der Waals surface area (Å²) >= 11 is 0. The van der Waals surface area contributed by atoms with E-state index in [1.807, 2.05) is 0 Å². The van der Waals surface area contributed by atoms with Crippen molar-refractivity contribution in [1.29, 1.82) is 0 Å². The van der Waals surface area contributed by atoms with Gasteiger partial charge in [0.15, 0.2) is 0 Å². The largest absolute Gasteiger partial charge is 0.351 e. The normalized spacial score (nSPS) is 18.4. The zero-order chi connectivity index (χ0) is 20.5. The first-order valence-electron chi connectivity index (χ1n) is 9.24. The van der Waals surface area contributed by atoms with E-state index in [2.05, 4.69) is 5.32 Å². The number of nitrogens with zero attached hydrogens (tertiary/aromatic N) is 2. The van der Waals surface area contributed by atoms with Crippen LogP contribution in [0.25, 0.3) is 0 Å². The van der Waals surface area contributed by atoms with Crippen LogP contribution < -0.4 is 10.2 Å². The molecule has 0 aromatic heterocycles. The molecule has 0 radical (unpaired) electrons. The lowest BCUT2D eigenvalue weighted by Gasteiger charge is -2.18. The SMILES string of the molecule is O=C(CCN1C(=O)c2ccccc2C1=O)N[C@H]1CC(=O)N(c2ccc(F)cc2)C1. The van der Waals surface area contributed by atoms with Crippen LogP contribution in [0, 0.1) is 5.82 Å². The molecule has 0 saturated carbocycles. The van der Waals surface area contributed by atoms with E-state index < -0.39 is 17.6 Å². The smallest absolute Gasteiger partial charge is 0.261 e. The summed E-state index contributed by atoms with van der Waals surface area (Å²) in [6.07, 6.45) is 0.0862. The topological polar surface area (TPSA) is 86.8 Å². The average molecular weight is 395 g/mol. The molecule has 1 saturated heterocycles. The molecule has 4 amide bonds. The molecular weight excluding hydrogens is 377 g/mol. The summed E-state index contributed by atoms with van der Waals surface area (Å²) in [4.78, 5) is 51.7. The van der Waals surface area contributed by atoms with E-state index in [1.54, 1.807) is 24.3 Å². The van der Waals surface area contributed by atoms with Crippen molar-refractivity contribution in [3.8, 4) is 0 Å². The summed E-state index contributed by atoms with van der Waals surface area (Å²) < 4.78 is 13.1. The number of hydrogen-bond donors (Lipinski definition) is 1. The van der Waals surface area contributed by atoms with E-state index in [9.17, 15) is 23.6 Å². The summed E-state index contributed by atoms with van der Waals surface area (Å²) in [5, 5.41) is 2.77. The molecule has 1 fully saturated rings. The van der Waals surface area contributed by atoms with Crippen molar-refractivity contribution in [3.05, 3.63) is 65.5 Å². The number of amides is 4. The minimum absolute atomic E-state index is 0.0273. The van der Waals surface area contributed by atoms with Crippen LogP contribution in [0.1, 0.15) is 33.6 Å². The van der Waals surface area contributed by atoms with E-state index in [1.165, 1.54) is 29.2 Å². The van der Waals surface area contributed by atoms with E-state index >= 15 is 0 Å². The van der Waals surface area contributed by atoms with E-state index in [-0.39, 0.29) is 43.8 Å². The van der Waals surface area contributed by atoms with Gasteiger partial charge in [0.1, 0.15) is 5.82 Å². The number of halogens is 1. The third kappa shape index (κ3) is 3.61. The molecule has 1 atom stereocenters. The van der Waals surface area contributed by atoms with Crippen LogP contribution in [0.15, 0.2) is 48.5 Å². The molecule has 2 aromatic rings. The molecular formula is C21H18FN3O4. The van der Waals surface area contributed by atoms with Crippen molar-refractivity contribution in [3.63, 3.8) is 0 Å². The number of fused-ring (bicyclic) bond motifs is 1. The lowest BCUT2D eigenvalue weighted by molar-refractivity contribution is -0.121. The molecule has 2 aliphatic rings. The second-order valence-electron chi connectivity index (χ2n) is 7.01. The van der Waals surface area contributed by atoms with Gasteiger partial charge in [-0.05, 0) is 36.4 Å². The first-order chi connectivity index (χ1) is 13.9. The first-order valence-corrected chi connectivity index (χ1v) is 9.24. The molecule has 7 nitrogen and oxygen atoms in total. The Kier molecular flexibility index (Phi) is 4.84. The van der Waals surface area contributed by atoms with Crippen molar-refractivity contribution >= 4 is 29.3 Å². The molecule has 0 spiro atoms. The Hall–Kier alpha value is -3.55. The second kappa shape index (κ2) is 7.46. The Morgan fingerprint density at radius 3 is 2.24 bits per heavy atom. The van der Waals surface area contributed by atoms with Gasteiger partial charge in [-0.25, -0.2) is 4.39 Å². The molecule has 2 heterocycles. The standard InChI is InChI=1S/C21H18FN3O4/c22-13-5-7-15(8-6-13)25-12-14(11-19(25)27)23-18(26)9-10-24-20(28)16-3-1-2-4-17(16)21(24)29/h1-8,14H,9-12H2,(H,23,26)/t14-/m0/s1. The summed E-state index contributed by atoms with van der Waals surface area (Å²) in [5.74, 6) is -1.71. The van der Waals surface area contributed by atoms with Crippen LogP contribution in [0.2, 0.25) is 0 Å². The molecule has 29 heavy (non-hydrogen) atoms. The number of rotatable bonds is 5. The maximum absolute atomic E-state index is 13.1. The second-order valence-corrected chi connectivity index (χ2v) is 7.01. The lowest BCUT2D eigenvalue weighted by atomic mass is 10.1. The number of carbonyl (C=O) groups excluding carboxylic acids is 4. The molecule has 0 bridgehead atoms. The highest BCUT2D eigenvalue weighted by Crippen LogP contribution is 2.23. The van der Waals surface area contributed by atoms with Gasteiger partial charge in [-0.1, -0.05) is 12.1 Å². The van der Waals surface area contributed by atoms with Gasteiger partial charge in [0.2, 0.25) is 11.8 Å². The van der Waals surface area contributed by atoms with Gasteiger partial charge in [0.25, 0.3) is 11.8 Å².